The molecular weight excluding hydrogens is 409 g/mol. The molecule has 3 aromatic rings. The normalized spacial score (nSPS) is 10.9. The van der Waals surface area contributed by atoms with Crippen LogP contribution in [0, 0.1) is 17.4 Å². The van der Waals surface area contributed by atoms with Crippen molar-refractivity contribution in [2.45, 2.75) is 13.8 Å². The second kappa shape index (κ2) is 5.85. The predicted molar refractivity (Wildman–Crippen MR) is 101 cm³/mol. The number of amides is 1. The number of halogens is 1. The molecule has 1 aromatic carbocycles. The fourth-order valence-electron chi connectivity index (χ4n) is 2.38. The van der Waals surface area contributed by atoms with E-state index in [1.165, 1.54) is 11.3 Å². The minimum atomic E-state index is -0.193. The minimum absolute atomic E-state index is 0.193. The van der Waals surface area contributed by atoms with E-state index in [1.54, 1.807) is 0 Å². The lowest BCUT2D eigenvalue weighted by Crippen LogP contribution is -2.12. The molecule has 6 heteroatoms. The highest BCUT2D eigenvalue weighted by Crippen LogP contribution is 2.35. The van der Waals surface area contributed by atoms with Gasteiger partial charge >= 0.3 is 0 Å². The predicted octanol–water partition coefficient (Wildman–Crippen LogP) is 4.35. The van der Waals surface area contributed by atoms with E-state index in [4.69, 9.17) is 5.73 Å². The molecule has 112 valence electrons. The number of benzene rings is 1. The number of rotatable bonds is 2. The van der Waals surface area contributed by atoms with Crippen molar-refractivity contribution in [2.24, 2.45) is 0 Å². The first-order valence-electron chi connectivity index (χ1n) is 6.69. The van der Waals surface area contributed by atoms with Crippen LogP contribution in [-0.2, 0) is 0 Å². The SMILES string of the molecule is Cc1cc(C)c2c(N)c(C(=O)Nc3ccccc3I)sc2n1. The quantitative estimate of drug-likeness (QED) is 0.603. The van der Waals surface area contributed by atoms with Crippen molar-refractivity contribution in [1.82, 2.24) is 4.98 Å². The standard InChI is InChI=1S/C16H14IN3OS/c1-8-7-9(2)19-16-12(8)13(18)14(22-16)15(21)20-11-6-4-3-5-10(11)17/h3-7H,18H2,1-2H3,(H,20,21). The van der Waals surface area contributed by atoms with Crippen LogP contribution < -0.4 is 11.1 Å². The second-order valence-electron chi connectivity index (χ2n) is 5.04. The fourth-order valence-corrected chi connectivity index (χ4v) is 4.01. The van der Waals surface area contributed by atoms with Crippen LogP contribution in [0.15, 0.2) is 30.3 Å². The Morgan fingerprint density at radius 1 is 1.32 bits per heavy atom. The summed E-state index contributed by atoms with van der Waals surface area (Å²) in [6.07, 6.45) is 0. The van der Waals surface area contributed by atoms with E-state index in [1.807, 2.05) is 44.2 Å². The van der Waals surface area contributed by atoms with Crippen LogP contribution in [0.3, 0.4) is 0 Å². The molecule has 2 heterocycles. The Kier molecular flexibility index (Phi) is 4.05. The number of thiophene rings is 1. The number of hydrogen-bond donors (Lipinski definition) is 2. The summed E-state index contributed by atoms with van der Waals surface area (Å²) >= 11 is 3.53. The van der Waals surface area contributed by atoms with Crippen LogP contribution in [0.25, 0.3) is 10.2 Å². The van der Waals surface area contributed by atoms with Gasteiger partial charge in [-0.2, -0.15) is 0 Å². The lowest BCUT2D eigenvalue weighted by molar-refractivity contribution is 0.103. The van der Waals surface area contributed by atoms with Gasteiger partial charge in [0.15, 0.2) is 0 Å². The number of hydrogen-bond acceptors (Lipinski definition) is 4. The van der Waals surface area contributed by atoms with Crippen LogP contribution >= 0.6 is 33.9 Å². The lowest BCUT2D eigenvalue weighted by atomic mass is 10.1. The fraction of sp³-hybridized carbons (Fsp3) is 0.125. The maximum atomic E-state index is 12.5. The highest BCUT2D eigenvalue weighted by atomic mass is 127. The average Bonchev–Trinajstić information content (AvgIpc) is 2.78. The number of nitrogen functional groups attached to an aromatic ring is 1. The van der Waals surface area contributed by atoms with Crippen molar-refractivity contribution in [3.05, 3.63) is 50.0 Å². The highest BCUT2D eigenvalue weighted by Gasteiger charge is 2.19. The largest absolute Gasteiger partial charge is 0.397 e. The van der Waals surface area contributed by atoms with E-state index in [9.17, 15) is 4.79 Å². The van der Waals surface area contributed by atoms with Crippen molar-refractivity contribution in [3.8, 4) is 0 Å². The maximum Gasteiger partial charge on any atom is 0.267 e. The summed E-state index contributed by atoms with van der Waals surface area (Å²) in [7, 11) is 0. The van der Waals surface area contributed by atoms with Crippen LogP contribution in [0.2, 0.25) is 0 Å². The number of aryl methyl sites for hydroxylation is 2. The van der Waals surface area contributed by atoms with Crippen LogP contribution in [0.1, 0.15) is 20.9 Å². The number of nitrogens with zero attached hydrogens (tertiary/aromatic N) is 1. The zero-order valence-corrected chi connectivity index (χ0v) is 15.1. The van der Waals surface area contributed by atoms with Gasteiger partial charge in [-0.05, 0) is 60.2 Å². The molecule has 0 saturated carbocycles. The van der Waals surface area contributed by atoms with Crippen molar-refractivity contribution < 1.29 is 4.79 Å². The highest BCUT2D eigenvalue weighted by molar-refractivity contribution is 14.1. The van der Waals surface area contributed by atoms with Gasteiger partial charge in [-0.15, -0.1) is 11.3 Å². The Balaban J connectivity index is 2.03. The number of para-hydroxylation sites is 1. The van der Waals surface area contributed by atoms with E-state index in [2.05, 4.69) is 32.9 Å². The molecule has 4 nitrogen and oxygen atoms in total. The summed E-state index contributed by atoms with van der Waals surface area (Å²) in [6, 6.07) is 9.62. The monoisotopic (exact) mass is 423 g/mol. The van der Waals surface area contributed by atoms with Gasteiger partial charge in [-0.25, -0.2) is 4.98 Å². The molecular formula is C16H14IN3OS. The zero-order chi connectivity index (χ0) is 15.9. The maximum absolute atomic E-state index is 12.5. The minimum Gasteiger partial charge on any atom is -0.397 e. The van der Waals surface area contributed by atoms with Gasteiger partial charge in [0.05, 0.1) is 11.4 Å². The van der Waals surface area contributed by atoms with E-state index in [-0.39, 0.29) is 5.91 Å². The van der Waals surface area contributed by atoms with Crippen molar-refractivity contribution in [1.29, 1.82) is 0 Å². The first kappa shape index (κ1) is 15.2. The van der Waals surface area contributed by atoms with E-state index in [0.29, 0.717) is 10.6 Å². The van der Waals surface area contributed by atoms with Gasteiger partial charge in [-0.1, -0.05) is 12.1 Å². The van der Waals surface area contributed by atoms with Crippen LogP contribution in [0.5, 0.6) is 0 Å². The Bertz CT molecular complexity index is 888. The van der Waals surface area contributed by atoms with Gasteiger partial charge in [-0.3, -0.25) is 4.79 Å². The summed E-state index contributed by atoms with van der Waals surface area (Å²) in [5.41, 5.74) is 9.45. The number of fused-ring (bicyclic) bond motifs is 1. The third-order valence-corrected chi connectivity index (χ3v) is 5.39. The Morgan fingerprint density at radius 3 is 2.77 bits per heavy atom. The topological polar surface area (TPSA) is 68.0 Å². The Morgan fingerprint density at radius 2 is 2.05 bits per heavy atom. The summed E-state index contributed by atoms with van der Waals surface area (Å²) in [4.78, 5) is 18.3. The van der Waals surface area contributed by atoms with Crippen LogP contribution in [-0.4, -0.2) is 10.9 Å². The zero-order valence-electron chi connectivity index (χ0n) is 12.1. The third-order valence-electron chi connectivity index (χ3n) is 3.35. The molecule has 0 aliphatic rings. The van der Waals surface area contributed by atoms with Gasteiger partial charge in [0.25, 0.3) is 5.91 Å². The molecule has 0 fully saturated rings. The average molecular weight is 423 g/mol. The molecule has 0 spiro atoms. The number of carbonyl (C=O) groups is 1. The molecule has 0 saturated heterocycles. The Labute approximate surface area is 145 Å². The summed E-state index contributed by atoms with van der Waals surface area (Å²) < 4.78 is 0.985. The molecule has 3 N–H and O–H groups in total. The number of nitrogens with one attached hydrogen (secondary N) is 1. The van der Waals surface area contributed by atoms with Gasteiger partial charge in [0.1, 0.15) is 9.71 Å². The van der Waals surface area contributed by atoms with E-state index >= 15 is 0 Å². The van der Waals surface area contributed by atoms with E-state index in [0.717, 1.165) is 30.7 Å². The van der Waals surface area contributed by atoms with Gasteiger partial charge < -0.3 is 11.1 Å². The molecule has 0 aliphatic carbocycles. The number of aromatic nitrogens is 1. The smallest absolute Gasteiger partial charge is 0.267 e. The molecule has 2 aromatic heterocycles. The molecule has 0 aliphatic heterocycles. The molecule has 0 unspecified atom stereocenters. The Hall–Kier alpha value is -1.67. The first-order valence-corrected chi connectivity index (χ1v) is 8.59. The van der Waals surface area contributed by atoms with Crippen LogP contribution in [0.4, 0.5) is 11.4 Å². The molecule has 0 atom stereocenters. The summed E-state index contributed by atoms with van der Waals surface area (Å²) in [6.45, 7) is 3.93. The number of nitrogens with two attached hydrogens (primary N) is 1. The molecule has 22 heavy (non-hydrogen) atoms. The van der Waals surface area contributed by atoms with Gasteiger partial charge in [0, 0.05) is 14.7 Å². The van der Waals surface area contributed by atoms with Crippen molar-refractivity contribution in [3.63, 3.8) is 0 Å². The number of pyridine rings is 1. The number of carbonyl (C=O) groups excluding carboxylic acids is 1. The lowest BCUT2D eigenvalue weighted by Gasteiger charge is -2.06. The summed E-state index contributed by atoms with van der Waals surface area (Å²) in [5, 5.41) is 3.80. The van der Waals surface area contributed by atoms with Gasteiger partial charge in [0.2, 0.25) is 0 Å². The molecule has 1 amide bonds. The first-order chi connectivity index (χ1) is 10.5. The van der Waals surface area contributed by atoms with E-state index < -0.39 is 0 Å². The van der Waals surface area contributed by atoms with Crippen molar-refractivity contribution in [2.75, 3.05) is 11.1 Å². The number of anilines is 2. The molecule has 0 radical (unpaired) electrons. The summed E-state index contributed by atoms with van der Waals surface area (Å²) in [5.74, 6) is -0.193. The van der Waals surface area contributed by atoms with Crippen molar-refractivity contribution >= 4 is 61.4 Å². The molecule has 3 rings (SSSR count). The second-order valence-corrected chi connectivity index (χ2v) is 7.20. The molecule has 0 bridgehead atoms. The third kappa shape index (κ3) is 2.68.